The maximum Gasteiger partial charge on any atom is 0.0313 e. The Kier molecular flexibility index (Phi) is 3.23. The van der Waals surface area contributed by atoms with Crippen LogP contribution < -0.4 is 0 Å². The molecule has 0 radical (unpaired) electrons. The highest BCUT2D eigenvalue weighted by molar-refractivity contribution is 5.17. The van der Waals surface area contributed by atoms with Gasteiger partial charge in [-0.15, -0.1) is 0 Å². The molecule has 0 aliphatic rings. The van der Waals surface area contributed by atoms with Crippen molar-refractivity contribution < 1.29 is 0 Å². The zero-order valence-electron chi connectivity index (χ0n) is 8.04. The van der Waals surface area contributed by atoms with Gasteiger partial charge in [-0.05, 0) is 31.6 Å². The van der Waals surface area contributed by atoms with Gasteiger partial charge in [-0.2, -0.15) is 0 Å². The van der Waals surface area contributed by atoms with Crippen LogP contribution in [0.25, 0.3) is 0 Å². The van der Waals surface area contributed by atoms with Crippen LogP contribution in [0.1, 0.15) is 18.1 Å². The van der Waals surface area contributed by atoms with Crippen LogP contribution in [-0.2, 0) is 13.0 Å². The van der Waals surface area contributed by atoms with Crippen LogP contribution in [0.15, 0.2) is 18.5 Å². The highest BCUT2D eigenvalue weighted by Gasteiger charge is 1.96. The van der Waals surface area contributed by atoms with E-state index >= 15 is 0 Å². The molecule has 1 rings (SSSR count). The van der Waals surface area contributed by atoms with Crippen LogP contribution in [0.4, 0.5) is 0 Å². The molecule has 0 amide bonds. The monoisotopic (exact) mass is 164 g/mol. The van der Waals surface area contributed by atoms with Crippen molar-refractivity contribution in [2.75, 3.05) is 14.1 Å². The summed E-state index contributed by atoms with van der Waals surface area (Å²) in [5.41, 5.74) is 2.61. The van der Waals surface area contributed by atoms with Gasteiger partial charge in [-0.1, -0.05) is 13.0 Å². The van der Waals surface area contributed by atoms with Crippen molar-refractivity contribution in [3.05, 3.63) is 29.6 Å². The lowest BCUT2D eigenvalue weighted by molar-refractivity contribution is 0.402. The van der Waals surface area contributed by atoms with Crippen molar-refractivity contribution in [2.45, 2.75) is 19.9 Å². The van der Waals surface area contributed by atoms with E-state index < -0.39 is 0 Å². The molecule has 0 bridgehead atoms. The molecule has 0 aliphatic heterocycles. The summed E-state index contributed by atoms with van der Waals surface area (Å²) in [5.74, 6) is 0. The molecule has 0 N–H and O–H groups in total. The van der Waals surface area contributed by atoms with Crippen molar-refractivity contribution in [3.8, 4) is 0 Å². The van der Waals surface area contributed by atoms with E-state index in [1.165, 1.54) is 11.1 Å². The Bertz CT molecular complexity index is 243. The maximum atomic E-state index is 4.18. The van der Waals surface area contributed by atoms with E-state index in [1.807, 2.05) is 12.4 Å². The fraction of sp³-hybridized carbons (Fsp3) is 0.500. The molecular formula is C10H16N2. The third kappa shape index (κ3) is 2.62. The first-order valence-electron chi connectivity index (χ1n) is 4.30. The predicted molar refractivity (Wildman–Crippen MR) is 51.0 cm³/mol. The number of rotatable bonds is 3. The van der Waals surface area contributed by atoms with E-state index in [0.29, 0.717) is 0 Å². The van der Waals surface area contributed by atoms with Gasteiger partial charge in [-0.25, -0.2) is 0 Å². The van der Waals surface area contributed by atoms with Crippen LogP contribution >= 0.6 is 0 Å². The lowest BCUT2D eigenvalue weighted by atomic mass is 10.1. The molecular weight excluding hydrogens is 148 g/mol. The summed E-state index contributed by atoms with van der Waals surface area (Å²) >= 11 is 0. The van der Waals surface area contributed by atoms with Crippen molar-refractivity contribution in [1.29, 1.82) is 0 Å². The van der Waals surface area contributed by atoms with Gasteiger partial charge in [0.1, 0.15) is 0 Å². The standard InChI is InChI=1S/C10H16N2/c1-4-9-5-10(7-11-6-9)8-12(2)3/h5-7H,4,8H2,1-3H3. The van der Waals surface area contributed by atoms with Crippen molar-refractivity contribution in [1.82, 2.24) is 9.88 Å². The molecule has 0 atom stereocenters. The number of hydrogen-bond acceptors (Lipinski definition) is 2. The minimum Gasteiger partial charge on any atom is -0.305 e. The lowest BCUT2D eigenvalue weighted by Crippen LogP contribution is -2.10. The Hall–Kier alpha value is -0.890. The molecule has 2 nitrogen and oxygen atoms in total. The first-order chi connectivity index (χ1) is 5.72. The highest BCUT2D eigenvalue weighted by Crippen LogP contribution is 2.04. The zero-order valence-corrected chi connectivity index (χ0v) is 8.04. The van der Waals surface area contributed by atoms with Crippen LogP contribution in [0.2, 0.25) is 0 Å². The van der Waals surface area contributed by atoms with E-state index in [9.17, 15) is 0 Å². The Morgan fingerprint density at radius 3 is 2.50 bits per heavy atom. The van der Waals surface area contributed by atoms with Crippen molar-refractivity contribution >= 4 is 0 Å². The fourth-order valence-electron chi connectivity index (χ4n) is 1.19. The van der Waals surface area contributed by atoms with Gasteiger partial charge < -0.3 is 4.90 Å². The summed E-state index contributed by atoms with van der Waals surface area (Å²) in [7, 11) is 4.14. The molecule has 1 aromatic rings. The van der Waals surface area contributed by atoms with E-state index in [2.05, 4.69) is 37.0 Å². The molecule has 1 aromatic heterocycles. The molecule has 0 spiro atoms. The second-order valence-corrected chi connectivity index (χ2v) is 3.29. The summed E-state index contributed by atoms with van der Waals surface area (Å²) in [4.78, 5) is 6.33. The molecule has 0 aliphatic carbocycles. The molecule has 2 heteroatoms. The van der Waals surface area contributed by atoms with Crippen molar-refractivity contribution in [3.63, 3.8) is 0 Å². The third-order valence-corrected chi connectivity index (χ3v) is 1.76. The van der Waals surface area contributed by atoms with Gasteiger partial charge in [0.2, 0.25) is 0 Å². The van der Waals surface area contributed by atoms with Gasteiger partial charge in [0.15, 0.2) is 0 Å². The third-order valence-electron chi connectivity index (χ3n) is 1.76. The fourth-order valence-corrected chi connectivity index (χ4v) is 1.19. The molecule has 0 saturated carbocycles. The van der Waals surface area contributed by atoms with E-state index in [1.54, 1.807) is 0 Å². The number of aromatic nitrogens is 1. The molecule has 0 fully saturated rings. The number of pyridine rings is 1. The summed E-state index contributed by atoms with van der Waals surface area (Å²) in [6, 6.07) is 2.22. The van der Waals surface area contributed by atoms with Crippen LogP contribution in [0.3, 0.4) is 0 Å². The Balaban J connectivity index is 2.72. The van der Waals surface area contributed by atoms with Crippen LogP contribution in [0, 0.1) is 0 Å². The quantitative estimate of drug-likeness (QED) is 0.676. The summed E-state index contributed by atoms with van der Waals surface area (Å²) < 4.78 is 0. The van der Waals surface area contributed by atoms with Gasteiger partial charge >= 0.3 is 0 Å². The van der Waals surface area contributed by atoms with E-state index in [-0.39, 0.29) is 0 Å². The maximum absolute atomic E-state index is 4.18. The number of nitrogens with zero attached hydrogens (tertiary/aromatic N) is 2. The van der Waals surface area contributed by atoms with Gasteiger partial charge in [0, 0.05) is 18.9 Å². The zero-order chi connectivity index (χ0) is 8.97. The van der Waals surface area contributed by atoms with Crippen LogP contribution in [0.5, 0.6) is 0 Å². The normalized spacial score (nSPS) is 10.7. The summed E-state index contributed by atoms with van der Waals surface area (Å²) in [5, 5.41) is 0. The lowest BCUT2D eigenvalue weighted by Gasteiger charge is -2.09. The molecule has 1 heterocycles. The van der Waals surface area contributed by atoms with E-state index in [4.69, 9.17) is 0 Å². The van der Waals surface area contributed by atoms with E-state index in [0.717, 1.165) is 13.0 Å². The predicted octanol–water partition coefficient (Wildman–Crippen LogP) is 1.71. The molecule has 0 aromatic carbocycles. The number of aryl methyl sites for hydroxylation is 1. The second-order valence-electron chi connectivity index (χ2n) is 3.29. The SMILES string of the molecule is CCc1cncc(CN(C)C)c1. The Labute approximate surface area is 74.2 Å². The minimum absolute atomic E-state index is 0.973. The molecule has 0 saturated heterocycles. The molecule has 66 valence electrons. The Morgan fingerprint density at radius 1 is 1.25 bits per heavy atom. The van der Waals surface area contributed by atoms with Crippen LogP contribution in [-0.4, -0.2) is 24.0 Å². The van der Waals surface area contributed by atoms with Gasteiger partial charge in [0.25, 0.3) is 0 Å². The first-order valence-corrected chi connectivity index (χ1v) is 4.30. The average molecular weight is 164 g/mol. The second kappa shape index (κ2) is 4.21. The Morgan fingerprint density at radius 2 is 1.92 bits per heavy atom. The number of hydrogen-bond donors (Lipinski definition) is 0. The smallest absolute Gasteiger partial charge is 0.0313 e. The first kappa shape index (κ1) is 9.20. The highest BCUT2D eigenvalue weighted by atomic mass is 15.0. The minimum atomic E-state index is 0.973. The average Bonchev–Trinajstić information content (AvgIpc) is 2.03. The summed E-state index contributed by atoms with van der Waals surface area (Å²) in [6.07, 6.45) is 4.92. The van der Waals surface area contributed by atoms with Gasteiger partial charge in [0.05, 0.1) is 0 Å². The van der Waals surface area contributed by atoms with Crippen molar-refractivity contribution in [2.24, 2.45) is 0 Å². The molecule has 0 unspecified atom stereocenters. The largest absolute Gasteiger partial charge is 0.305 e. The summed E-state index contributed by atoms with van der Waals surface area (Å²) in [6.45, 7) is 3.12. The van der Waals surface area contributed by atoms with Gasteiger partial charge in [-0.3, -0.25) is 4.98 Å². The topological polar surface area (TPSA) is 16.1 Å². The molecule has 12 heavy (non-hydrogen) atoms.